The topological polar surface area (TPSA) is 34.9 Å². The minimum atomic E-state index is -0.0386. The number of carbonyl (C=O) groups excluding carboxylic acids is 1. The molecular weight excluding hydrogens is 308 g/mol. The fourth-order valence-electron chi connectivity index (χ4n) is 3.11. The summed E-state index contributed by atoms with van der Waals surface area (Å²) in [6, 6.07) is 25.6. The van der Waals surface area contributed by atoms with Crippen molar-refractivity contribution in [3.05, 3.63) is 101 Å². The van der Waals surface area contributed by atoms with Gasteiger partial charge in [-0.1, -0.05) is 60.2 Å². The first-order valence-electron chi connectivity index (χ1n) is 8.34. The van der Waals surface area contributed by atoms with E-state index < -0.39 is 0 Å². The molecule has 0 saturated carbocycles. The molecule has 0 N–H and O–H groups in total. The van der Waals surface area contributed by atoms with Gasteiger partial charge in [0.1, 0.15) is 5.82 Å². The van der Waals surface area contributed by atoms with Crippen molar-refractivity contribution in [1.29, 1.82) is 0 Å². The number of benzene rings is 3. The van der Waals surface area contributed by atoms with E-state index in [0.29, 0.717) is 12.0 Å². The van der Waals surface area contributed by atoms with Crippen LogP contribution in [0, 0.1) is 6.92 Å². The van der Waals surface area contributed by atoms with Gasteiger partial charge in [0.15, 0.2) is 0 Å². The van der Waals surface area contributed by atoms with Crippen LogP contribution in [0.1, 0.15) is 27.3 Å². The van der Waals surface area contributed by atoms with Crippen molar-refractivity contribution in [3.8, 4) is 0 Å². The van der Waals surface area contributed by atoms with Crippen molar-refractivity contribution in [3.63, 3.8) is 0 Å². The first-order valence-corrected chi connectivity index (χ1v) is 8.34. The quantitative estimate of drug-likeness (QED) is 0.550. The second-order valence-corrected chi connectivity index (χ2v) is 6.19. The first kappa shape index (κ1) is 15.3. The van der Waals surface area contributed by atoms with E-state index in [4.69, 9.17) is 4.98 Å². The van der Waals surface area contributed by atoms with Crippen molar-refractivity contribution in [2.45, 2.75) is 13.3 Å². The van der Waals surface area contributed by atoms with Crippen molar-refractivity contribution in [2.75, 3.05) is 0 Å². The first-order chi connectivity index (χ1) is 12.2. The normalized spacial score (nSPS) is 10.9. The minimum absolute atomic E-state index is 0.0386. The molecule has 0 bridgehead atoms. The Kier molecular flexibility index (Phi) is 3.90. The number of nitrogens with zero attached hydrogens (tertiary/aromatic N) is 2. The molecule has 0 amide bonds. The number of aromatic nitrogens is 2. The Labute approximate surface area is 146 Å². The van der Waals surface area contributed by atoms with Gasteiger partial charge in [-0.2, -0.15) is 0 Å². The molecule has 0 saturated heterocycles. The number of carbonyl (C=O) groups is 1. The highest BCUT2D eigenvalue weighted by molar-refractivity contribution is 6.01. The van der Waals surface area contributed by atoms with Crippen LogP contribution >= 0.6 is 0 Å². The molecule has 4 aromatic rings. The zero-order chi connectivity index (χ0) is 17.2. The van der Waals surface area contributed by atoms with E-state index in [-0.39, 0.29) is 5.91 Å². The smallest absolute Gasteiger partial charge is 0.263 e. The van der Waals surface area contributed by atoms with E-state index >= 15 is 0 Å². The number of hydrogen-bond acceptors (Lipinski definition) is 2. The number of hydrogen-bond donors (Lipinski definition) is 0. The molecule has 122 valence electrons. The second kappa shape index (κ2) is 6.36. The van der Waals surface area contributed by atoms with E-state index in [1.54, 1.807) is 4.57 Å². The fourth-order valence-corrected chi connectivity index (χ4v) is 3.11. The highest BCUT2D eigenvalue weighted by atomic mass is 16.2. The largest absolute Gasteiger partial charge is 0.268 e. The van der Waals surface area contributed by atoms with E-state index in [1.807, 2.05) is 73.7 Å². The van der Waals surface area contributed by atoms with Crippen molar-refractivity contribution in [1.82, 2.24) is 9.55 Å². The molecule has 1 aromatic heterocycles. The molecule has 0 atom stereocenters. The van der Waals surface area contributed by atoms with E-state index in [9.17, 15) is 4.79 Å². The molecule has 0 unspecified atom stereocenters. The van der Waals surface area contributed by atoms with Crippen LogP contribution in [0.15, 0.2) is 78.9 Å². The molecule has 1 heterocycles. The Morgan fingerprint density at radius 2 is 1.68 bits per heavy atom. The predicted octanol–water partition coefficient (Wildman–Crippen LogP) is 4.62. The summed E-state index contributed by atoms with van der Waals surface area (Å²) >= 11 is 0. The van der Waals surface area contributed by atoms with Crippen LogP contribution in [-0.4, -0.2) is 15.5 Å². The number of fused-ring (bicyclic) bond motifs is 1. The van der Waals surface area contributed by atoms with Gasteiger partial charge in [0, 0.05) is 12.0 Å². The van der Waals surface area contributed by atoms with E-state index in [1.165, 1.54) is 0 Å². The van der Waals surface area contributed by atoms with Gasteiger partial charge in [-0.25, -0.2) is 4.98 Å². The monoisotopic (exact) mass is 326 g/mol. The Balaban J connectivity index is 1.86. The Bertz CT molecular complexity index is 1050. The molecule has 0 spiro atoms. The highest BCUT2D eigenvalue weighted by Gasteiger charge is 2.18. The Hall–Kier alpha value is -3.20. The van der Waals surface area contributed by atoms with Crippen molar-refractivity contribution >= 4 is 16.9 Å². The molecule has 3 heteroatoms. The molecule has 0 aliphatic rings. The van der Waals surface area contributed by atoms with Crippen LogP contribution in [-0.2, 0) is 6.42 Å². The average Bonchev–Trinajstić information content (AvgIpc) is 2.99. The maximum atomic E-state index is 13.2. The summed E-state index contributed by atoms with van der Waals surface area (Å²) in [6.45, 7) is 1.99. The summed E-state index contributed by atoms with van der Waals surface area (Å²) in [4.78, 5) is 17.9. The number of rotatable bonds is 3. The van der Waals surface area contributed by atoms with Crippen LogP contribution in [0.5, 0.6) is 0 Å². The van der Waals surface area contributed by atoms with Crippen molar-refractivity contribution < 1.29 is 4.79 Å². The van der Waals surface area contributed by atoms with E-state index in [0.717, 1.165) is 28.0 Å². The maximum Gasteiger partial charge on any atom is 0.263 e. The lowest BCUT2D eigenvalue weighted by Gasteiger charge is -2.09. The lowest BCUT2D eigenvalue weighted by atomic mass is 10.1. The Morgan fingerprint density at radius 3 is 2.48 bits per heavy atom. The van der Waals surface area contributed by atoms with Gasteiger partial charge in [0.2, 0.25) is 0 Å². The zero-order valence-electron chi connectivity index (χ0n) is 14.0. The third-order valence-electron chi connectivity index (χ3n) is 4.30. The summed E-state index contributed by atoms with van der Waals surface area (Å²) in [7, 11) is 0. The highest BCUT2D eigenvalue weighted by Crippen LogP contribution is 2.20. The van der Waals surface area contributed by atoms with E-state index in [2.05, 4.69) is 12.1 Å². The molecule has 4 rings (SSSR count). The van der Waals surface area contributed by atoms with Crippen LogP contribution in [0.2, 0.25) is 0 Å². The van der Waals surface area contributed by atoms with Gasteiger partial charge in [0.05, 0.1) is 11.0 Å². The van der Waals surface area contributed by atoms with Gasteiger partial charge >= 0.3 is 0 Å². The molecule has 0 fully saturated rings. The van der Waals surface area contributed by atoms with Crippen LogP contribution in [0.4, 0.5) is 0 Å². The molecule has 3 aromatic carbocycles. The van der Waals surface area contributed by atoms with Gasteiger partial charge in [-0.05, 0) is 36.8 Å². The van der Waals surface area contributed by atoms with Gasteiger partial charge in [-0.3, -0.25) is 9.36 Å². The SMILES string of the molecule is Cc1cccc(C(=O)n2c(Cc3ccccc3)nc3ccccc32)c1. The van der Waals surface area contributed by atoms with Gasteiger partial charge < -0.3 is 0 Å². The van der Waals surface area contributed by atoms with Crippen LogP contribution in [0.3, 0.4) is 0 Å². The summed E-state index contributed by atoms with van der Waals surface area (Å²) in [5.41, 5.74) is 4.57. The lowest BCUT2D eigenvalue weighted by molar-refractivity contribution is 0.0961. The Morgan fingerprint density at radius 1 is 0.920 bits per heavy atom. The summed E-state index contributed by atoms with van der Waals surface area (Å²) in [5.74, 6) is 0.724. The summed E-state index contributed by atoms with van der Waals surface area (Å²) < 4.78 is 1.75. The molecular formula is C22H18N2O. The predicted molar refractivity (Wildman–Crippen MR) is 99.9 cm³/mol. The zero-order valence-corrected chi connectivity index (χ0v) is 14.0. The number of aryl methyl sites for hydroxylation is 1. The van der Waals surface area contributed by atoms with Crippen LogP contribution in [0.25, 0.3) is 11.0 Å². The molecule has 0 aliphatic heterocycles. The standard InChI is InChI=1S/C22H18N2O/c1-16-8-7-11-18(14-16)22(25)24-20-13-6-5-12-19(20)23-21(24)15-17-9-3-2-4-10-17/h2-14H,15H2,1H3. The third-order valence-corrected chi connectivity index (χ3v) is 4.30. The minimum Gasteiger partial charge on any atom is -0.268 e. The van der Waals surface area contributed by atoms with Gasteiger partial charge in [-0.15, -0.1) is 0 Å². The summed E-state index contributed by atoms with van der Waals surface area (Å²) in [6.07, 6.45) is 0.618. The average molecular weight is 326 g/mol. The molecule has 25 heavy (non-hydrogen) atoms. The van der Waals surface area contributed by atoms with Gasteiger partial charge in [0.25, 0.3) is 5.91 Å². The molecule has 3 nitrogen and oxygen atoms in total. The lowest BCUT2D eigenvalue weighted by Crippen LogP contribution is -2.15. The number of imidazole rings is 1. The number of para-hydroxylation sites is 2. The molecule has 0 radical (unpaired) electrons. The van der Waals surface area contributed by atoms with Crippen LogP contribution < -0.4 is 0 Å². The summed E-state index contributed by atoms with van der Waals surface area (Å²) in [5, 5.41) is 0. The molecule has 0 aliphatic carbocycles. The van der Waals surface area contributed by atoms with Crippen molar-refractivity contribution in [2.24, 2.45) is 0 Å². The fraction of sp³-hybridized carbons (Fsp3) is 0.0909. The third kappa shape index (κ3) is 2.96. The second-order valence-electron chi connectivity index (χ2n) is 6.19. The maximum absolute atomic E-state index is 13.2.